The third kappa shape index (κ3) is 5.63. The van der Waals surface area contributed by atoms with Crippen LogP contribution in [0.25, 0.3) is 0 Å². The smallest absolute Gasteiger partial charge is 0.309 e. The minimum Gasteiger partial charge on any atom is -0.496 e. The largest absolute Gasteiger partial charge is 0.496 e. The molecule has 7 nitrogen and oxygen atoms in total. The van der Waals surface area contributed by atoms with Crippen LogP contribution in [0.4, 0.5) is 0 Å². The van der Waals surface area contributed by atoms with Gasteiger partial charge in [-0.15, -0.1) is 0 Å². The molecule has 0 radical (unpaired) electrons. The average molecular weight is 422 g/mol. The van der Waals surface area contributed by atoms with E-state index in [1.165, 1.54) is 21.1 Å². The van der Waals surface area contributed by atoms with Crippen molar-refractivity contribution in [2.75, 3.05) is 20.0 Å². The minimum absolute atomic E-state index is 0.0975. The second kappa shape index (κ2) is 9.65. The minimum atomic E-state index is -3.71. The molecule has 2 rings (SSSR count). The van der Waals surface area contributed by atoms with Gasteiger partial charge in [0.25, 0.3) is 5.91 Å². The Labute approximate surface area is 172 Å². The molecule has 0 atom stereocenters. The van der Waals surface area contributed by atoms with Gasteiger partial charge in [-0.1, -0.05) is 18.2 Å². The molecule has 0 bridgehead atoms. The first-order valence-electron chi connectivity index (χ1n) is 9.25. The number of carbonyl (C=O) groups is 1. The predicted octanol–water partition coefficient (Wildman–Crippen LogP) is 3.48. The summed E-state index contributed by atoms with van der Waals surface area (Å²) in [5.41, 5.74) is 1.17. The van der Waals surface area contributed by atoms with Gasteiger partial charge in [0.05, 0.1) is 25.5 Å². The van der Waals surface area contributed by atoms with Gasteiger partial charge in [0.15, 0.2) is 11.5 Å². The summed E-state index contributed by atoms with van der Waals surface area (Å²) in [6, 6.07) is 11.9. The molecule has 2 aromatic rings. The molecular formula is C21H27NO6S. The number of ether oxygens (including phenoxy) is 2. The summed E-state index contributed by atoms with van der Waals surface area (Å²) in [5.74, 6) is 0.552. The second-order valence-corrected chi connectivity index (χ2v) is 8.50. The molecule has 0 unspecified atom stereocenters. The lowest BCUT2D eigenvalue weighted by Crippen LogP contribution is -2.36. The fourth-order valence-corrected chi connectivity index (χ4v) is 3.26. The topological polar surface area (TPSA) is 82.1 Å². The Morgan fingerprint density at radius 3 is 2.24 bits per heavy atom. The van der Waals surface area contributed by atoms with Crippen molar-refractivity contribution < 1.29 is 26.9 Å². The van der Waals surface area contributed by atoms with Gasteiger partial charge in [0, 0.05) is 12.6 Å². The normalized spacial score (nSPS) is 11.2. The van der Waals surface area contributed by atoms with E-state index in [9.17, 15) is 13.2 Å². The molecule has 0 spiro atoms. The van der Waals surface area contributed by atoms with Crippen LogP contribution in [-0.2, 0) is 16.7 Å². The third-order valence-corrected chi connectivity index (χ3v) is 5.51. The number of hydrogen-bond acceptors (Lipinski definition) is 6. The highest BCUT2D eigenvalue weighted by molar-refractivity contribution is 7.87. The lowest BCUT2D eigenvalue weighted by Gasteiger charge is -2.28. The van der Waals surface area contributed by atoms with Crippen molar-refractivity contribution in [3.8, 4) is 17.2 Å². The van der Waals surface area contributed by atoms with Crippen LogP contribution in [-0.4, -0.2) is 45.2 Å². The average Bonchev–Trinajstić information content (AvgIpc) is 2.71. The molecule has 1 amide bonds. The number of rotatable bonds is 9. The van der Waals surface area contributed by atoms with Gasteiger partial charge in [-0.2, -0.15) is 8.42 Å². The molecule has 0 aromatic heterocycles. The van der Waals surface area contributed by atoms with Crippen LogP contribution < -0.4 is 13.7 Å². The Hall–Kier alpha value is -2.74. The number of hydrogen-bond donors (Lipinski definition) is 0. The Balaban J connectivity index is 2.37. The summed E-state index contributed by atoms with van der Waals surface area (Å²) in [4.78, 5) is 14.8. The summed E-state index contributed by atoms with van der Waals surface area (Å²) >= 11 is 0. The Bertz CT molecular complexity index is 955. The van der Waals surface area contributed by atoms with Crippen LogP contribution in [0.3, 0.4) is 0 Å². The van der Waals surface area contributed by atoms with E-state index in [0.29, 0.717) is 22.6 Å². The lowest BCUT2D eigenvalue weighted by molar-refractivity contribution is 0.0686. The molecule has 8 heteroatoms. The number of para-hydroxylation sites is 1. The highest BCUT2D eigenvalue weighted by atomic mass is 32.2. The van der Waals surface area contributed by atoms with E-state index in [4.69, 9.17) is 13.7 Å². The predicted molar refractivity (Wildman–Crippen MR) is 111 cm³/mol. The first-order chi connectivity index (χ1) is 13.7. The van der Waals surface area contributed by atoms with Crippen molar-refractivity contribution >= 4 is 16.0 Å². The molecular weight excluding hydrogens is 394 g/mol. The summed E-state index contributed by atoms with van der Waals surface area (Å²) in [6.45, 7) is 5.59. The Morgan fingerprint density at radius 2 is 1.66 bits per heavy atom. The molecule has 0 aliphatic carbocycles. The van der Waals surface area contributed by atoms with Crippen LogP contribution in [0.2, 0.25) is 0 Å². The van der Waals surface area contributed by atoms with Crippen LogP contribution in [0, 0.1) is 0 Å². The number of nitrogens with zero attached hydrogens (tertiary/aromatic N) is 1. The number of benzene rings is 2. The first kappa shape index (κ1) is 22.5. The van der Waals surface area contributed by atoms with Crippen molar-refractivity contribution in [1.29, 1.82) is 0 Å². The maximum atomic E-state index is 13.1. The zero-order chi connectivity index (χ0) is 21.6. The van der Waals surface area contributed by atoms with Crippen molar-refractivity contribution in [1.82, 2.24) is 4.90 Å². The molecule has 29 heavy (non-hydrogen) atoms. The van der Waals surface area contributed by atoms with E-state index in [0.717, 1.165) is 0 Å². The molecule has 0 fully saturated rings. The zero-order valence-electron chi connectivity index (χ0n) is 17.3. The third-order valence-electron chi connectivity index (χ3n) is 4.37. The van der Waals surface area contributed by atoms with Crippen LogP contribution in [0.15, 0.2) is 42.5 Å². The Kier molecular flexibility index (Phi) is 7.50. The van der Waals surface area contributed by atoms with E-state index in [-0.39, 0.29) is 30.0 Å². The molecule has 0 saturated heterocycles. The molecule has 0 aliphatic heterocycles. The van der Waals surface area contributed by atoms with E-state index in [1.807, 2.05) is 13.8 Å². The highest BCUT2D eigenvalue weighted by Gasteiger charge is 2.23. The van der Waals surface area contributed by atoms with Crippen molar-refractivity contribution in [2.45, 2.75) is 33.4 Å². The van der Waals surface area contributed by atoms with Crippen molar-refractivity contribution in [2.24, 2.45) is 0 Å². The van der Waals surface area contributed by atoms with E-state index < -0.39 is 10.1 Å². The summed E-state index contributed by atoms with van der Waals surface area (Å²) in [6.07, 6.45) is 0. The fourth-order valence-electron chi connectivity index (χ4n) is 2.74. The summed E-state index contributed by atoms with van der Waals surface area (Å²) in [5, 5.41) is 0. The maximum absolute atomic E-state index is 13.1. The van der Waals surface area contributed by atoms with Gasteiger partial charge in [-0.3, -0.25) is 4.79 Å². The number of carbonyl (C=O) groups excluding carboxylic acids is 1. The number of methoxy groups -OCH3 is 2. The van der Waals surface area contributed by atoms with E-state index >= 15 is 0 Å². The molecule has 0 saturated carbocycles. The summed E-state index contributed by atoms with van der Waals surface area (Å²) < 4.78 is 39.4. The van der Waals surface area contributed by atoms with Crippen LogP contribution in [0.5, 0.6) is 17.2 Å². The molecule has 0 aliphatic rings. The molecule has 2 aromatic carbocycles. The van der Waals surface area contributed by atoms with Crippen molar-refractivity contribution in [3.05, 3.63) is 53.6 Å². The van der Waals surface area contributed by atoms with Crippen LogP contribution >= 0.6 is 0 Å². The standard InChI is InChI=1S/C21H27NO6S/c1-6-29(24,25)28-20-13-16(11-12-19(20)27-5)14-22(15(2)3)21(23)17-9-7-8-10-18(17)26-4/h7-13,15H,6,14H2,1-5H3. The molecule has 158 valence electrons. The fraction of sp³-hybridized carbons (Fsp3) is 0.381. The molecule has 0 N–H and O–H groups in total. The van der Waals surface area contributed by atoms with E-state index in [2.05, 4.69) is 0 Å². The van der Waals surface area contributed by atoms with E-state index in [1.54, 1.807) is 47.4 Å². The molecule has 0 heterocycles. The van der Waals surface area contributed by atoms with Gasteiger partial charge >= 0.3 is 10.1 Å². The SMILES string of the molecule is CCS(=O)(=O)Oc1cc(CN(C(=O)c2ccccc2OC)C(C)C)ccc1OC. The first-order valence-corrected chi connectivity index (χ1v) is 10.8. The van der Waals surface area contributed by atoms with Crippen LogP contribution in [0.1, 0.15) is 36.7 Å². The monoisotopic (exact) mass is 421 g/mol. The van der Waals surface area contributed by atoms with Gasteiger partial charge < -0.3 is 18.6 Å². The van der Waals surface area contributed by atoms with Gasteiger partial charge in [0.2, 0.25) is 0 Å². The summed E-state index contributed by atoms with van der Waals surface area (Å²) in [7, 11) is -0.755. The maximum Gasteiger partial charge on any atom is 0.309 e. The lowest BCUT2D eigenvalue weighted by atomic mass is 10.1. The Morgan fingerprint density at radius 1 is 1.00 bits per heavy atom. The van der Waals surface area contributed by atoms with Crippen molar-refractivity contribution in [3.63, 3.8) is 0 Å². The van der Waals surface area contributed by atoms with Gasteiger partial charge in [-0.25, -0.2) is 0 Å². The van der Waals surface area contributed by atoms with Gasteiger partial charge in [-0.05, 0) is 50.6 Å². The zero-order valence-corrected chi connectivity index (χ0v) is 18.2. The number of amides is 1. The second-order valence-electron chi connectivity index (χ2n) is 6.64. The van der Waals surface area contributed by atoms with Gasteiger partial charge in [0.1, 0.15) is 5.75 Å². The quantitative estimate of drug-likeness (QED) is 0.577. The highest BCUT2D eigenvalue weighted by Crippen LogP contribution is 2.30.